The first-order valence-corrected chi connectivity index (χ1v) is 6.28. The Balaban J connectivity index is 2.57. The van der Waals surface area contributed by atoms with Gasteiger partial charge in [-0.1, -0.05) is 12.1 Å². The number of rotatable bonds is 2. The Morgan fingerprint density at radius 2 is 1.44 bits per heavy atom. The minimum Gasteiger partial charge on any atom is -0.406 e. The van der Waals surface area contributed by atoms with Crippen molar-refractivity contribution in [3.63, 3.8) is 0 Å². The van der Waals surface area contributed by atoms with E-state index in [0.717, 1.165) is 18.2 Å². The Kier molecular flexibility index (Phi) is 4.62. The summed E-state index contributed by atoms with van der Waals surface area (Å²) in [5.74, 6) is -0.833. The van der Waals surface area contributed by atoms with Gasteiger partial charge in [0, 0.05) is 11.8 Å². The third-order valence-corrected chi connectivity index (χ3v) is 2.86. The van der Waals surface area contributed by atoms with Crippen LogP contribution in [0.5, 0.6) is 5.75 Å². The van der Waals surface area contributed by atoms with Crippen molar-refractivity contribution in [1.82, 2.24) is 4.98 Å². The monoisotopic (exact) mass is 375 g/mol. The molecule has 1 aromatic heterocycles. The highest BCUT2D eigenvalue weighted by Crippen LogP contribution is 2.40. The van der Waals surface area contributed by atoms with Crippen LogP contribution in [-0.2, 0) is 12.4 Å². The van der Waals surface area contributed by atoms with Crippen molar-refractivity contribution in [3.05, 3.63) is 47.7 Å². The van der Waals surface area contributed by atoms with Crippen LogP contribution in [0.3, 0.4) is 0 Å². The summed E-state index contributed by atoms with van der Waals surface area (Å²) >= 11 is 0. The van der Waals surface area contributed by atoms with Crippen LogP contribution in [0, 0.1) is 0 Å². The Labute approximate surface area is 133 Å². The van der Waals surface area contributed by atoms with E-state index >= 15 is 0 Å². The molecule has 0 aliphatic carbocycles. The third-order valence-electron chi connectivity index (χ3n) is 2.86. The van der Waals surface area contributed by atoms with Crippen molar-refractivity contribution < 1.29 is 44.3 Å². The van der Waals surface area contributed by atoms with Crippen molar-refractivity contribution in [3.8, 4) is 17.0 Å². The first kappa shape index (κ1) is 18.9. The first-order valence-electron chi connectivity index (χ1n) is 6.28. The summed E-state index contributed by atoms with van der Waals surface area (Å²) in [4.78, 5) is 3.14. The summed E-state index contributed by atoms with van der Waals surface area (Å²) < 4.78 is 117. The van der Waals surface area contributed by atoms with Crippen molar-refractivity contribution >= 4 is 0 Å². The molecule has 1 heterocycles. The van der Waals surface area contributed by atoms with Crippen molar-refractivity contribution in [1.29, 1.82) is 0 Å². The molecule has 25 heavy (non-hydrogen) atoms. The minimum atomic E-state index is -5.20. The average Bonchev–Trinajstić information content (AvgIpc) is 2.43. The molecule has 0 aliphatic heterocycles. The number of alkyl halides is 9. The van der Waals surface area contributed by atoms with E-state index in [-0.39, 0.29) is 12.3 Å². The lowest BCUT2D eigenvalue weighted by molar-refractivity contribution is -0.274. The Hall–Kier alpha value is -2.46. The molecule has 0 fully saturated rings. The van der Waals surface area contributed by atoms with E-state index in [1.54, 1.807) is 0 Å². The maximum atomic E-state index is 13.1. The maximum Gasteiger partial charge on any atom is 0.573 e. The van der Waals surface area contributed by atoms with Crippen LogP contribution in [0.15, 0.2) is 36.5 Å². The SMILES string of the molecule is FC(F)(F)Oc1cccc(-c2ncc(C(F)(F)F)cc2C(F)(F)F)c1. The molecule has 0 saturated carbocycles. The van der Waals surface area contributed by atoms with Gasteiger partial charge in [0.25, 0.3) is 0 Å². The molecule has 136 valence electrons. The molecule has 11 heteroatoms. The van der Waals surface area contributed by atoms with E-state index in [4.69, 9.17) is 0 Å². The van der Waals surface area contributed by atoms with E-state index in [2.05, 4.69) is 9.72 Å². The standard InChI is InChI=1S/C14H6F9NO/c15-12(16,17)8-5-10(13(18,19)20)11(24-6-8)7-2-1-3-9(4-7)25-14(21,22)23/h1-6H. The Morgan fingerprint density at radius 3 is 1.96 bits per heavy atom. The lowest BCUT2D eigenvalue weighted by Gasteiger charge is -2.16. The molecule has 0 radical (unpaired) electrons. The number of aromatic nitrogens is 1. The lowest BCUT2D eigenvalue weighted by Crippen LogP contribution is -2.17. The van der Waals surface area contributed by atoms with Crippen molar-refractivity contribution in [2.75, 3.05) is 0 Å². The Morgan fingerprint density at radius 1 is 0.800 bits per heavy atom. The van der Waals surface area contributed by atoms with Crippen molar-refractivity contribution in [2.45, 2.75) is 18.7 Å². The predicted molar refractivity (Wildman–Crippen MR) is 66.4 cm³/mol. The van der Waals surface area contributed by atoms with Gasteiger partial charge < -0.3 is 4.74 Å². The number of ether oxygens (including phenoxy) is 1. The van der Waals surface area contributed by atoms with Gasteiger partial charge in [-0.15, -0.1) is 13.2 Å². The molecule has 2 rings (SSSR count). The summed E-state index contributed by atoms with van der Waals surface area (Å²) in [6.45, 7) is 0. The normalized spacial score (nSPS) is 13.0. The third kappa shape index (κ3) is 4.77. The van der Waals surface area contributed by atoms with E-state index in [0.29, 0.717) is 6.07 Å². The minimum absolute atomic E-state index is 0.153. The van der Waals surface area contributed by atoms with E-state index in [1.807, 2.05) is 0 Å². The topological polar surface area (TPSA) is 22.1 Å². The molecule has 1 aromatic carbocycles. The van der Waals surface area contributed by atoms with Gasteiger partial charge in [-0.25, -0.2) is 0 Å². The highest BCUT2D eigenvalue weighted by Gasteiger charge is 2.39. The van der Waals surface area contributed by atoms with Crippen LogP contribution in [0.25, 0.3) is 11.3 Å². The summed E-state index contributed by atoms with van der Waals surface area (Å²) in [7, 11) is 0. The van der Waals surface area contributed by atoms with E-state index in [1.165, 1.54) is 0 Å². The second kappa shape index (κ2) is 6.12. The van der Waals surface area contributed by atoms with Gasteiger partial charge in [0.15, 0.2) is 0 Å². The number of hydrogen-bond donors (Lipinski definition) is 0. The molecule has 2 nitrogen and oxygen atoms in total. The predicted octanol–water partition coefficient (Wildman–Crippen LogP) is 5.68. The van der Waals surface area contributed by atoms with Crippen LogP contribution in [-0.4, -0.2) is 11.3 Å². The molecule has 0 aliphatic rings. The molecule has 0 N–H and O–H groups in total. The summed E-state index contributed by atoms with van der Waals surface area (Å²) in [6.07, 6.45) is -15.2. The summed E-state index contributed by atoms with van der Waals surface area (Å²) in [5.41, 5.74) is -4.80. The molecule has 0 atom stereocenters. The molecule has 0 spiro atoms. The lowest BCUT2D eigenvalue weighted by atomic mass is 10.0. The molecule has 2 aromatic rings. The van der Waals surface area contributed by atoms with Gasteiger partial charge in [-0.3, -0.25) is 4.98 Å². The molecule has 0 amide bonds. The molecule has 0 saturated heterocycles. The smallest absolute Gasteiger partial charge is 0.406 e. The van der Waals surface area contributed by atoms with Crippen LogP contribution < -0.4 is 4.74 Å². The van der Waals surface area contributed by atoms with Gasteiger partial charge in [-0.2, -0.15) is 26.3 Å². The summed E-state index contributed by atoms with van der Waals surface area (Å²) in [6, 6.07) is 3.19. The molecular formula is C14H6F9NO. The number of pyridine rings is 1. The average molecular weight is 375 g/mol. The fourth-order valence-electron chi connectivity index (χ4n) is 1.91. The quantitative estimate of drug-likeness (QED) is 0.630. The fourth-order valence-corrected chi connectivity index (χ4v) is 1.91. The van der Waals surface area contributed by atoms with Gasteiger partial charge in [0.2, 0.25) is 0 Å². The van der Waals surface area contributed by atoms with Gasteiger partial charge in [0.05, 0.1) is 16.8 Å². The van der Waals surface area contributed by atoms with E-state index < -0.39 is 46.8 Å². The fraction of sp³-hybridized carbons (Fsp3) is 0.214. The first-order chi connectivity index (χ1) is 11.3. The Bertz CT molecular complexity index is 762. The van der Waals surface area contributed by atoms with Crippen LogP contribution in [0.2, 0.25) is 0 Å². The number of benzene rings is 1. The second-order valence-electron chi connectivity index (χ2n) is 4.69. The molecule has 0 bridgehead atoms. The largest absolute Gasteiger partial charge is 0.573 e. The number of hydrogen-bond acceptors (Lipinski definition) is 2. The highest BCUT2D eigenvalue weighted by atomic mass is 19.4. The van der Waals surface area contributed by atoms with Gasteiger partial charge in [-0.05, 0) is 18.2 Å². The van der Waals surface area contributed by atoms with Crippen LogP contribution in [0.4, 0.5) is 39.5 Å². The zero-order valence-electron chi connectivity index (χ0n) is 11.7. The zero-order valence-corrected chi connectivity index (χ0v) is 11.7. The maximum absolute atomic E-state index is 13.1. The van der Waals surface area contributed by atoms with Crippen molar-refractivity contribution in [2.24, 2.45) is 0 Å². The molecular weight excluding hydrogens is 369 g/mol. The highest BCUT2D eigenvalue weighted by molar-refractivity contribution is 5.65. The second-order valence-corrected chi connectivity index (χ2v) is 4.69. The number of nitrogens with zero attached hydrogens (tertiary/aromatic N) is 1. The van der Waals surface area contributed by atoms with Crippen LogP contribution in [0.1, 0.15) is 11.1 Å². The summed E-state index contributed by atoms with van der Waals surface area (Å²) in [5, 5.41) is 0. The number of halogens is 9. The van der Waals surface area contributed by atoms with Gasteiger partial charge >= 0.3 is 18.7 Å². The zero-order chi connectivity index (χ0) is 19.0. The van der Waals surface area contributed by atoms with Crippen LogP contribution >= 0.6 is 0 Å². The van der Waals surface area contributed by atoms with E-state index in [9.17, 15) is 39.5 Å². The molecule has 0 unspecified atom stereocenters. The van der Waals surface area contributed by atoms with Gasteiger partial charge in [0.1, 0.15) is 5.75 Å².